The number of hydrogen-bond acceptors (Lipinski definition) is 4. The SMILES string of the molecule is COc1cc(CO)ccc1Cc1c(CO)c(C)cc(Cc2cc(C)c(C)c(Cc3ccc(C)cc3C)c2C)c1OC. The van der Waals surface area contributed by atoms with E-state index in [4.69, 9.17) is 9.47 Å². The average molecular weight is 553 g/mol. The Hall–Kier alpha value is -3.60. The summed E-state index contributed by atoms with van der Waals surface area (Å²) in [4.78, 5) is 0. The van der Waals surface area contributed by atoms with Crippen molar-refractivity contribution < 1.29 is 19.7 Å². The van der Waals surface area contributed by atoms with Crippen LogP contribution in [-0.4, -0.2) is 24.4 Å². The van der Waals surface area contributed by atoms with Crippen molar-refractivity contribution >= 4 is 0 Å². The van der Waals surface area contributed by atoms with E-state index in [-0.39, 0.29) is 13.2 Å². The van der Waals surface area contributed by atoms with Gasteiger partial charge in [0, 0.05) is 18.4 Å². The van der Waals surface area contributed by atoms with E-state index in [9.17, 15) is 10.2 Å². The van der Waals surface area contributed by atoms with E-state index < -0.39 is 0 Å². The third-order valence-electron chi connectivity index (χ3n) is 8.68. The van der Waals surface area contributed by atoms with Gasteiger partial charge in [-0.05, 0) is 121 Å². The Morgan fingerprint density at radius 2 is 1.22 bits per heavy atom. The van der Waals surface area contributed by atoms with Gasteiger partial charge < -0.3 is 19.7 Å². The van der Waals surface area contributed by atoms with Crippen molar-refractivity contribution in [1.82, 2.24) is 0 Å². The molecule has 0 fully saturated rings. The van der Waals surface area contributed by atoms with Crippen molar-refractivity contribution in [2.45, 2.75) is 74.0 Å². The van der Waals surface area contributed by atoms with Gasteiger partial charge in [0.15, 0.2) is 0 Å². The van der Waals surface area contributed by atoms with Gasteiger partial charge in [-0.1, -0.05) is 48.0 Å². The van der Waals surface area contributed by atoms with Crippen LogP contribution in [0.4, 0.5) is 0 Å². The van der Waals surface area contributed by atoms with Gasteiger partial charge in [-0.25, -0.2) is 0 Å². The van der Waals surface area contributed by atoms with Gasteiger partial charge in [0.1, 0.15) is 11.5 Å². The van der Waals surface area contributed by atoms with Gasteiger partial charge in [-0.15, -0.1) is 0 Å². The van der Waals surface area contributed by atoms with Crippen molar-refractivity contribution in [2.75, 3.05) is 14.2 Å². The third-order valence-corrected chi connectivity index (χ3v) is 8.68. The number of benzene rings is 4. The summed E-state index contributed by atoms with van der Waals surface area (Å²) in [5, 5.41) is 20.0. The minimum atomic E-state index is -0.0719. The second-order valence-electron chi connectivity index (χ2n) is 11.3. The quantitative estimate of drug-likeness (QED) is 0.217. The number of aliphatic hydroxyl groups excluding tert-OH is 2. The van der Waals surface area contributed by atoms with Gasteiger partial charge in [-0.3, -0.25) is 0 Å². The molecule has 0 aromatic heterocycles. The first-order valence-corrected chi connectivity index (χ1v) is 14.3. The van der Waals surface area contributed by atoms with Gasteiger partial charge in [0.25, 0.3) is 0 Å². The summed E-state index contributed by atoms with van der Waals surface area (Å²) in [5.74, 6) is 1.52. The molecule has 0 amide bonds. The summed E-state index contributed by atoms with van der Waals surface area (Å²) in [5.41, 5.74) is 16.4. The zero-order chi connectivity index (χ0) is 29.8. The zero-order valence-electron chi connectivity index (χ0n) is 25.9. The summed E-state index contributed by atoms with van der Waals surface area (Å²) in [6.45, 7) is 13.0. The standard InChI is InChI=1S/C37H44O4/c1-22-9-11-29(24(3)13-22)18-33-26(5)23(2)14-31(27(33)6)17-32-15-25(4)35(21-39)34(37(32)41-8)19-30-12-10-28(20-38)16-36(30)40-7/h9-16,38-39H,17-21H2,1-8H3. The average Bonchev–Trinajstić information content (AvgIpc) is 2.95. The molecule has 0 unspecified atom stereocenters. The Kier molecular flexibility index (Phi) is 9.57. The molecule has 2 N–H and O–H groups in total. The van der Waals surface area contributed by atoms with Crippen LogP contribution >= 0.6 is 0 Å². The highest BCUT2D eigenvalue weighted by atomic mass is 16.5. The van der Waals surface area contributed by atoms with E-state index in [1.54, 1.807) is 14.2 Å². The van der Waals surface area contributed by atoms with E-state index in [0.29, 0.717) is 12.2 Å². The lowest BCUT2D eigenvalue weighted by Crippen LogP contribution is -2.09. The Bertz CT molecular complexity index is 1560. The Balaban J connectivity index is 1.80. The van der Waals surface area contributed by atoms with Crippen molar-refractivity contribution in [3.05, 3.63) is 126 Å². The summed E-state index contributed by atoms with van der Waals surface area (Å²) in [6.07, 6.45) is 2.19. The minimum absolute atomic E-state index is 0.0444. The Morgan fingerprint density at radius 1 is 0.537 bits per heavy atom. The predicted octanol–water partition coefficient (Wildman–Crippen LogP) is 7.31. The van der Waals surface area contributed by atoms with E-state index in [1.165, 1.54) is 44.5 Å². The molecule has 0 heterocycles. The molecule has 4 heteroatoms. The van der Waals surface area contributed by atoms with Crippen LogP contribution in [0.25, 0.3) is 0 Å². The first kappa shape index (κ1) is 30.4. The molecular weight excluding hydrogens is 508 g/mol. The maximum absolute atomic E-state index is 10.4. The normalized spacial score (nSPS) is 11.2. The molecule has 4 nitrogen and oxygen atoms in total. The lowest BCUT2D eigenvalue weighted by atomic mass is 9.85. The number of aryl methyl sites for hydroxylation is 4. The largest absolute Gasteiger partial charge is 0.496 e. The van der Waals surface area contributed by atoms with Crippen LogP contribution in [0.5, 0.6) is 11.5 Å². The van der Waals surface area contributed by atoms with E-state index in [0.717, 1.165) is 52.0 Å². The molecular formula is C37H44O4. The molecule has 0 bridgehead atoms. The van der Waals surface area contributed by atoms with Gasteiger partial charge >= 0.3 is 0 Å². The molecule has 216 valence electrons. The molecule has 0 radical (unpaired) electrons. The summed E-state index contributed by atoms with van der Waals surface area (Å²) in [6, 6.07) is 17.0. The highest BCUT2D eigenvalue weighted by Crippen LogP contribution is 2.37. The fourth-order valence-electron chi connectivity index (χ4n) is 6.08. The number of hydrogen-bond donors (Lipinski definition) is 2. The maximum atomic E-state index is 10.4. The molecule has 41 heavy (non-hydrogen) atoms. The van der Waals surface area contributed by atoms with Crippen molar-refractivity contribution in [3.8, 4) is 11.5 Å². The zero-order valence-corrected chi connectivity index (χ0v) is 25.9. The van der Waals surface area contributed by atoms with Gasteiger partial charge in [-0.2, -0.15) is 0 Å². The van der Waals surface area contributed by atoms with Crippen molar-refractivity contribution in [2.24, 2.45) is 0 Å². The van der Waals surface area contributed by atoms with Crippen LogP contribution in [0.1, 0.15) is 77.9 Å². The summed E-state index contributed by atoms with van der Waals surface area (Å²) < 4.78 is 11.8. The monoisotopic (exact) mass is 552 g/mol. The summed E-state index contributed by atoms with van der Waals surface area (Å²) >= 11 is 0. The van der Waals surface area contributed by atoms with E-state index >= 15 is 0 Å². The van der Waals surface area contributed by atoms with Crippen molar-refractivity contribution in [1.29, 1.82) is 0 Å². The predicted molar refractivity (Wildman–Crippen MR) is 168 cm³/mol. The van der Waals surface area contributed by atoms with Crippen LogP contribution in [-0.2, 0) is 32.5 Å². The first-order chi connectivity index (χ1) is 19.6. The Morgan fingerprint density at radius 3 is 1.85 bits per heavy atom. The molecule has 4 rings (SSSR count). The second kappa shape index (κ2) is 12.9. The molecule has 4 aromatic rings. The van der Waals surface area contributed by atoms with Crippen molar-refractivity contribution in [3.63, 3.8) is 0 Å². The molecule has 0 aliphatic carbocycles. The number of aliphatic hydroxyl groups is 2. The van der Waals surface area contributed by atoms with Crippen LogP contribution in [0.15, 0.2) is 48.5 Å². The van der Waals surface area contributed by atoms with E-state index in [1.807, 2.05) is 18.2 Å². The second-order valence-corrected chi connectivity index (χ2v) is 11.3. The molecule has 0 saturated carbocycles. The fourth-order valence-corrected chi connectivity index (χ4v) is 6.08. The topological polar surface area (TPSA) is 58.9 Å². The molecule has 4 aromatic carbocycles. The third kappa shape index (κ3) is 6.34. The van der Waals surface area contributed by atoms with Gasteiger partial charge in [0.2, 0.25) is 0 Å². The minimum Gasteiger partial charge on any atom is -0.496 e. The van der Waals surface area contributed by atoms with E-state index in [2.05, 4.69) is 71.9 Å². The fraction of sp³-hybridized carbons (Fsp3) is 0.351. The molecule has 0 aliphatic rings. The lowest BCUT2D eigenvalue weighted by Gasteiger charge is -2.22. The highest BCUT2D eigenvalue weighted by molar-refractivity contribution is 5.56. The lowest BCUT2D eigenvalue weighted by molar-refractivity contribution is 0.278. The molecule has 0 aliphatic heterocycles. The van der Waals surface area contributed by atoms with Crippen LogP contribution in [0, 0.1) is 41.5 Å². The first-order valence-electron chi connectivity index (χ1n) is 14.3. The van der Waals surface area contributed by atoms with Gasteiger partial charge in [0.05, 0.1) is 27.4 Å². The number of rotatable bonds is 10. The number of methoxy groups -OCH3 is 2. The smallest absolute Gasteiger partial charge is 0.126 e. The van der Waals surface area contributed by atoms with Crippen LogP contribution in [0.2, 0.25) is 0 Å². The molecule has 0 spiro atoms. The molecule has 0 saturated heterocycles. The Labute approximate surface area is 245 Å². The van der Waals surface area contributed by atoms with Crippen LogP contribution < -0.4 is 9.47 Å². The highest BCUT2D eigenvalue weighted by Gasteiger charge is 2.21. The number of ether oxygens (including phenoxy) is 2. The van der Waals surface area contributed by atoms with Crippen LogP contribution in [0.3, 0.4) is 0 Å². The molecule has 0 atom stereocenters. The maximum Gasteiger partial charge on any atom is 0.126 e. The summed E-state index contributed by atoms with van der Waals surface area (Å²) in [7, 11) is 3.35.